The van der Waals surface area contributed by atoms with E-state index in [-0.39, 0.29) is 12.1 Å². The number of nitrogens with zero attached hydrogens (tertiary/aromatic N) is 1. The van der Waals surface area contributed by atoms with Crippen LogP contribution in [0.1, 0.15) is 39.9 Å². The molecule has 0 bridgehead atoms. The lowest BCUT2D eigenvalue weighted by molar-refractivity contribution is 0.103. The molecule has 0 aliphatic carbocycles. The van der Waals surface area contributed by atoms with Crippen LogP contribution in [-0.4, -0.2) is 32.5 Å². The highest BCUT2D eigenvalue weighted by molar-refractivity contribution is 9.10. The molecule has 170 valence electrons. The molecule has 33 heavy (non-hydrogen) atoms. The van der Waals surface area contributed by atoms with Gasteiger partial charge in [-0.15, -0.1) is 0 Å². The number of methoxy groups -OCH3 is 2. The second-order valence-corrected chi connectivity index (χ2v) is 9.75. The predicted octanol–water partition coefficient (Wildman–Crippen LogP) is 5.63. The van der Waals surface area contributed by atoms with E-state index in [2.05, 4.69) is 63.3 Å². The third kappa shape index (κ3) is 3.47. The topological polar surface area (TPSA) is 40.2 Å². The molecule has 2 atom stereocenters. The highest BCUT2D eigenvalue weighted by Crippen LogP contribution is 2.51. The lowest BCUT2D eigenvalue weighted by Gasteiger charge is -2.47. The fraction of sp³-hybridized carbons (Fsp3) is 0.333. The second kappa shape index (κ2) is 8.26. The van der Waals surface area contributed by atoms with Crippen molar-refractivity contribution in [3.05, 3.63) is 80.8 Å². The van der Waals surface area contributed by atoms with Crippen molar-refractivity contribution in [2.75, 3.05) is 27.6 Å². The first-order valence-corrected chi connectivity index (χ1v) is 12.1. The molecule has 0 fully saturated rings. The fourth-order valence-electron chi connectivity index (χ4n) is 5.68. The summed E-state index contributed by atoms with van der Waals surface area (Å²) in [5.74, 6) is 3.37. The van der Waals surface area contributed by atoms with E-state index in [1.807, 2.05) is 6.07 Å². The molecule has 6 rings (SSSR count). The lowest BCUT2D eigenvalue weighted by atomic mass is 9.78. The van der Waals surface area contributed by atoms with Gasteiger partial charge in [-0.05, 0) is 71.8 Å². The molecule has 2 unspecified atom stereocenters. The smallest absolute Gasteiger partial charge is 0.231 e. The molecule has 6 heteroatoms. The molecule has 5 nitrogen and oxygen atoms in total. The van der Waals surface area contributed by atoms with Gasteiger partial charge in [0.2, 0.25) is 6.79 Å². The maximum atomic E-state index is 5.94. The summed E-state index contributed by atoms with van der Waals surface area (Å²) in [5.41, 5.74) is 6.59. The van der Waals surface area contributed by atoms with Crippen molar-refractivity contribution in [2.45, 2.75) is 31.3 Å². The average Bonchev–Trinajstić information content (AvgIpc) is 3.30. The van der Waals surface area contributed by atoms with Gasteiger partial charge in [0.25, 0.3) is 0 Å². The number of hydrogen-bond acceptors (Lipinski definition) is 5. The highest BCUT2D eigenvalue weighted by atomic mass is 79.9. The molecule has 0 N–H and O–H groups in total. The minimum atomic E-state index is 0.184. The average molecular weight is 508 g/mol. The first-order chi connectivity index (χ1) is 16.2. The Labute approximate surface area is 202 Å². The van der Waals surface area contributed by atoms with Gasteiger partial charge in [0, 0.05) is 28.7 Å². The van der Waals surface area contributed by atoms with Crippen LogP contribution < -0.4 is 18.9 Å². The van der Waals surface area contributed by atoms with Gasteiger partial charge < -0.3 is 18.9 Å². The zero-order valence-corrected chi connectivity index (χ0v) is 20.4. The molecule has 3 aliphatic rings. The Morgan fingerprint density at radius 1 is 0.970 bits per heavy atom. The molecule has 0 aromatic heterocycles. The predicted molar refractivity (Wildman–Crippen MR) is 130 cm³/mol. The number of hydrogen-bond donors (Lipinski definition) is 0. The van der Waals surface area contributed by atoms with E-state index in [0.717, 1.165) is 53.3 Å². The highest BCUT2D eigenvalue weighted by Gasteiger charge is 2.41. The second-order valence-electron chi connectivity index (χ2n) is 8.83. The Morgan fingerprint density at radius 3 is 2.52 bits per heavy atom. The Morgan fingerprint density at radius 2 is 1.76 bits per heavy atom. The number of halogens is 1. The fourth-order valence-corrected chi connectivity index (χ4v) is 5.95. The van der Waals surface area contributed by atoms with E-state index in [0.29, 0.717) is 6.79 Å². The minimum Gasteiger partial charge on any atom is -0.493 e. The molecule has 0 saturated heterocycles. The van der Waals surface area contributed by atoms with E-state index in [1.54, 1.807) is 14.2 Å². The van der Waals surface area contributed by atoms with Crippen molar-refractivity contribution in [3.63, 3.8) is 0 Å². The number of benzene rings is 3. The van der Waals surface area contributed by atoms with Crippen LogP contribution in [0.15, 0.2) is 53.0 Å². The minimum absolute atomic E-state index is 0.184. The summed E-state index contributed by atoms with van der Waals surface area (Å²) in [6, 6.07) is 17.7. The molecule has 3 aromatic rings. The van der Waals surface area contributed by atoms with Gasteiger partial charge in [-0.25, -0.2) is 0 Å². The van der Waals surface area contributed by atoms with E-state index in [4.69, 9.17) is 18.9 Å². The molecule has 0 spiro atoms. The van der Waals surface area contributed by atoms with E-state index in [1.165, 1.54) is 27.8 Å². The lowest BCUT2D eigenvalue weighted by Crippen LogP contribution is -2.43. The zero-order valence-electron chi connectivity index (χ0n) is 18.8. The molecule has 0 radical (unpaired) electrons. The molecular formula is C27H26BrNO4. The molecule has 3 aliphatic heterocycles. The monoisotopic (exact) mass is 507 g/mol. The quantitative estimate of drug-likeness (QED) is 0.457. The van der Waals surface area contributed by atoms with Crippen molar-refractivity contribution in [3.8, 4) is 23.0 Å². The third-order valence-electron chi connectivity index (χ3n) is 7.20. The molecule has 0 saturated carbocycles. The van der Waals surface area contributed by atoms with Crippen LogP contribution in [0.5, 0.6) is 23.0 Å². The van der Waals surface area contributed by atoms with Crippen LogP contribution in [-0.2, 0) is 19.3 Å². The summed E-state index contributed by atoms with van der Waals surface area (Å²) in [7, 11) is 3.45. The Kier molecular flexibility index (Phi) is 5.23. The Hall–Kier alpha value is -2.70. The summed E-state index contributed by atoms with van der Waals surface area (Å²) in [4.78, 5) is 2.65. The molecular weight excluding hydrogens is 482 g/mol. The standard InChI is InChI=1S/C27H26BrNO4/c1-30-23-8-5-18-12-21-20-14-25-24(32-15-33-25)13-17(20)9-10-29(21)22(26(18)27(23)31-2)11-16-3-6-19(28)7-4-16/h3-8,13-14,21-22H,9-12,15H2,1-2H3. The largest absolute Gasteiger partial charge is 0.493 e. The zero-order chi connectivity index (χ0) is 22.5. The Bertz CT molecular complexity index is 1210. The van der Waals surface area contributed by atoms with Crippen LogP contribution >= 0.6 is 15.9 Å². The van der Waals surface area contributed by atoms with E-state index >= 15 is 0 Å². The van der Waals surface area contributed by atoms with E-state index in [9.17, 15) is 0 Å². The van der Waals surface area contributed by atoms with Gasteiger partial charge in [-0.2, -0.15) is 0 Å². The summed E-state index contributed by atoms with van der Waals surface area (Å²) in [6.45, 7) is 1.29. The van der Waals surface area contributed by atoms with Crippen LogP contribution in [0.3, 0.4) is 0 Å². The van der Waals surface area contributed by atoms with Gasteiger partial charge in [0.05, 0.1) is 14.2 Å². The van der Waals surface area contributed by atoms with Crippen LogP contribution in [0.4, 0.5) is 0 Å². The van der Waals surface area contributed by atoms with Crippen LogP contribution in [0.25, 0.3) is 0 Å². The first kappa shape index (κ1) is 20.9. The van der Waals surface area contributed by atoms with Gasteiger partial charge in [-0.3, -0.25) is 4.90 Å². The maximum absolute atomic E-state index is 5.94. The normalized spacial score (nSPS) is 20.6. The number of fused-ring (bicyclic) bond motifs is 5. The number of ether oxygens (including phenoxy) is 4. The Balaban J connectivity index is 1.48. The molecule has 0 amide bonds. The summed E-state index contributed by atoms with van der Waals surface area (Å²) in [6.07, 6.45) is 2.82. The van der Waals surface area contributed by atoms with Crippen LogP contribution in [0.2, 0.25) is 0 Å². The molecule has 3 heterocycles. The first-order valence-electron chi connectivity index (χ1n) is 11.3. The van der Waals surface area contributed by atoms with Crippen molar-refractivity contribution < 1.29 is 18.9 Å². The SMILES string of the molecule is COc1ccc2c(c1OC)C(Cc1ccc(Br)cc1)N1CCc3cc4c(cc3C1C2)OCO4. The van der Waals surface area contributed by atoms with Crippen molar-refractivity contribution >= 4 is 15.9 Å². The van der Waals surface area contributed by atoms with Gasteiger partial charge in [0.15, 0.2) is 23.0 Å². The van der Waals surface area contributed by atoms with Crippen LogP contribution in [0, 0.1) is 0 Å². The molecule has 3 aromatic carbocycles. The summed E-state index contributed by atoms with van der Waals surface area (Å²) in [5, 5.41) is 0. The maximum Gasteiger partial charge on any atom is 0.231 e. The van der Waals surface area contributed by atoms with Gasteiger partial charge >= 0.3 is 0 Å². The van der Waals surface area contributed by atoms with Gasteiger partial charge in [0.1, 0.15) is 0 Å². The summed E-state index contributed by atoms with van der Waals surface area (Å²) < 4.78 is 24.1. The number of rotatable bonds is 4. The summed E-state index contributed by atoms with van der Waals surface area (Å²) >= 11 is 3.57. The van der Waals surface area contributed by atoms with E-state index < -0.39 is 0 Å². The third-order valence-corrected chi connectivity index (χ3v) is 7.73. The van der Waals surface area contributed by atoms with Crippen molar-refractivity contribution in [2.24, 2.45) is 0 Å². The van der Waals surface area contributed by atoms with Crippen molar-refractivity contribution in [1.82, 2.24) is 4.90 Å². The van der Waals surface area contributed by atoms with Crippen molar-refractivity contribution in [1.29, 1.82) is 0 Å². The van der Waals surface area contributed by atoms with Gasteiger partial charge in [-0.1, -0.05) is 34.1 Å².